The minimum Gasteiger partial charge on any atom is -0.478 e. The zero-order chi connectivity index (χ0) is 22.6. The number of nitrogens with one attached hydrogen (secondary N) is 1. The lowest BCUT2D eigenvalue weighted by Gasteiger charge is -2.24. The number of hydrogen-bond donors (Lipinski definition) is 2. The third kappa shape index (κ3) is 5.07. The fraction of sp³-hybridized carbons (Fsp3) is 0.0909. The second-order valence-corrected chi connectivity index (χ2v) is 8.56. The van der Waals surface area contributed by atoms with Crippen LogP contribution in [0.1, 0.15) is 15.9 Å². The highest BCUT2D eigenvalue weighted by atomic mass is 32.2. The van der Waals surface area contributed by atoms with Crippen LogP contribution in [0, 0.1) is 12.7 Å². The highest BCUT2D eigenvalue weighted by Gasteiger charge is 2.27. The lowest BCUT2D eigenvalue weighted by molar-refractivity contribution is -0.114. The number of benzene rings is 3. The van der Waals surface area contributed by atoms with Crippen molar-refractivity contribution in [1.82, 2.24) is 0 Å². The van der Waals surface area contributed by atoms with Crippen molar-refractivity contribution < 1.29 is 27.5 Å². The van der Waals surface area contributed by atoms with Crippen molar-refractivity contribution in [2.45, 2.75) is 11.8 Å². The maximum Gasteiger partial charge on any atom is 0.337 e. The number of aromatic carboxylic acids is 1. The van der Waals surface area contributed by atoms with Gasteiger partial charge < -0.3 is 10.4 Å². The Morgan fingerprint density at radius 3 is 2.19 bits per heavy atom. The molecule has 3 aromatic carbocycles. The summed E-state index contributed by atoms with van der Waals surface area (Å²) in [4.78, 5) is 24.0. The van der Waals surface area contributed by atoms with E-state index in [1.54, 1.807) is 18.2 Å². The number of sulfonamides is 1. The molecule has 0 atom stereocenters. The van der Waals surface area contributed by atoms with Gasteiger partial charge in [0.05, 0.1) is 21.8 Å². The van der Waals surface area contributed by atoms with E-state index in [1.807, 2.05) is 6.92 Å². The van der Waals surface area contributed by atoms with E-state index in [0.29, 0.717) is 0 Å². The Morgan fingerprint density at radius 1 is 0.968 bits per heavy atom. The predicted octanol–water partition coefficient (Wildman–Crippen LogP) is 3.67. The van der Waals surface area contributed by atoms with E-state index in [2.05, 4.69) is 5.32 Å². The molecule has 0 unspecified atom stereocenters. The summed E-state index contributed by atoms with van der Waals surface area (Å²) in [5.41, 5.74) is 0.844. The molecule has 7 nitrogen and oxygen atoms in total. The first-order valence-corrected chi connectivity index (χ1v) is 10.6. The number of nitrogens with zero attached hydrogens (tertiary/aromatic N) is 1. The molecular formula is C22H19FN2O5S. The van der Waals surface area contributed by atoms with Gasteiger partial charge in [0, 0.05) is 0 Å². The van der Waals surface area contributed by atoms with Gasteiger partial charge in [-0.3, -0.25) is 9.10 Å². The van der Waals surface area contributed by atoms with Crippen LogP contribution in [0.25, 0.3) is 0 Å². The van der Waals surface area contributed by atoms with Crippen molar-refractivity contribution in [3.8, 4) is 0 Å². The van der Waals surface area contributed by atoms with Crippen LogP contribution in [0.3, 0.4) is 0 Å². The van der Waals surface area contributed by atoms with Gasteiger partial charge in [0.2, 0.25) is 5.91 Å². The van der Waals surface area contributed by atoms with E-state index >= 15 is 0 Å². The smallest absolute Gasteiger partial charge is 0.337 e. The molecule has 0 aliphatic carbocycles. The van der Waals surface area contributed by atoms with Crippen LogP contribution in [0.2, 0.25) is 0 Å². The fourth-order valence-electron chi connectivity index (χ4n) is 2.86. The lowest BCUT2D eigenvalue weighted by atomic mass is 10.2. The molecule has 0 bridgehead atoms. The molecule has 31 heavy (non-hydrogen) atoms. The first kappa shape index (κ1) is 22.0. The van der Waals surface area contributed by atoms with Crippen molar-refractivity contribution in [1.29, 1.82) is 0 Å². The summed E-state index contributed by atoms with van der Waals surface area (Å²) in [6.07, 6.45) is 0. The van der Waals surface area contributed by atoms with Crippen LogP contribution in [0.4, 0.5) is 15.8 Å². The molecule has 160 valence electrons. The maximum absolute atomic E-state index is 13.4. The molecular weight excluding hydrogens is 423 g/mol. The molecule has 9 heteroatoms. The molecule has 0 spiro atoms. The Balaban J connectivity index is 1.96. The van der Waals surface area contributed by atoms with E-state index in [1.165, 1.54) is 42.5 Å². The Bertz CT molecular complexity index is 1210. The van der Waals surface area contributed by atoms with Crippen LogP contribution in [0.15, 0.2) is 77.7 Å². The van der Waals surface area contributed by atoms with Crippen LogP contribution in [-0.2, 0) is 14.8 Å². The molecule has 0 aliphatic rings. The zero-order valence-electron chi connectivity index (χ0n) is 16.4. The first-order chi connectivity index (χ1) is 14.7. The van der Waals surface area contributed by atoms with E-state index in [0.717, 1.165) is 22.0 Å². The van der Waals surface area contributed by atoms with Crippen molar-refractivity contribution in [2.24, 2.45) is 0 Å². The van der Waals surface area contributed by atoms with Gasteiger partial charge >= 0.3 is 5.97 Å². The van der Waals surface area contributed by atoms with Crippen LogP contribution < -0.4 is 9.62 Å². The van der Waals surface area contributed by atoms with Crippen molar-refractivity contribution in [2.75, 3.05) is 16.2 Å². The van der Waals surface area contributed by atoms with Gasteiger partial charge in [-0.2, -0.15) is 0 Å². The normalized spacial score (nSPS) is 11.0. The largest absolute Gasteiger partial charge is 0.478 e. The second kappa shape index (κ2) is 8.97. The fourth-order valence-corrected chi connectivity index (χ4v) is 4.28. The molecule has 0 saturated carbocycles. The van der Waals surface area contributed by atoms with Gasteiger partial charge in [-0.15, -0.1) is 0 Å². The Morgan fingerprint density at radius 2 is 1.58 bits per heavy atom. The van der Waals surface area contributed by atoms with Crippen LogP contribution >= 0.6 is 0 Å². The van der Waals surface area contributed by atoms with Gasteiger partial charge in [-0.1, -0.05) is 29.8 Å². The maximum atomic E-state index is 13.4. The molecule has 0 radical (unpaired) electrons. The number of amides is 1. The number of carbonyl (C=O) groups excluding carboxylic acids is 1. The number of carbonyl (C=O) groups is 2. The summed E-state index contributed by atoms with van der Waals surface area (Å²) >= 11 is 0. The molecule has 1 amide bonds. The number of carboxylic acids is 1. The molecule has 3 aromatic rings. The SMILES string of the molecule is Cc1ccc(S(=O)(=O)N(CC(=O)Nc2ccccc2C(=O)O)c2ccc(F)cc2)cc1. The third-order valence-corrected chi connectivity index (χ3v) is 6.23. The molecule has 2 N–H and O–H groups in total. The predicted molar refractivity (Wildman–Crippen MR) is 114 cm³/mol. The van der Waals surface area contributed by atoms with Gasteiger partial charge in [-0.05, 0) is 55.5 Å². The molecule has 0 heterocycles. The Labute approximate surface area is 178 Å². The number of carboxylic acid groups (broad SMARTS) is 1. The van der Waals surface area contributed by atoms with E-state index in [-0.39, 0.29) is 21.8 Å². The summed E-state index contributed by atoms with van der Waals surface area (Å²) in [5.74, 6) is -2.55. The van der Waals surface area contributed by atoms with E-state index < -0.39 is 34.3 Å². The van der Waals surface area contributed by atoms with Gasteiger partial charge in [-0.25, -0.2) is 17.6 Å². The summed E-state index contributed by atoms with van der Waals surface area (Å²) in [6, 6.07) is 16.5. The van der Waals surface area contributed by atoms with Gasteiger partial charge in [0.25, 0.3) is 10.0 Å². The molecule has 3 rings (SSSR count). The minimum atomic E-state index is -4.16. The van der Waals surface area contributed by atoms with Crippen molar-refractivity contribution in [3.05, 3.63) is 89.7 Å². The van der Waals surface area contributed by atoms with Crippen molar-refractivity contribution in [3.63, 3.8) is 0 Å². The number of aryl methyl sites for hydroxylation is 1. The van der Waals surface area contributed by atoms with Gasteiger partial charge in [0.1, 0.15) is 12.4 Å². The van der Waals surface area contributed by atoms with Gasteiger partial charge in [0.15, 0.2) is 0 Å². The van der Waals surface area contributed by atoms with Crippen LogP contribution in [0.5, 0.6) is 0 Å². The summed E-state index contributed by atoms with van der Waals surface area (Å²) in [6.45, 7) is 1.16. The number of hydrogen-bond acceptors (Lipinski definition) is 4. The minimum absolute atomic E-state index is 0.0341. The highest BCUT2D eigenvalue weighted by Crippen LogP contribution is 2.25. The molecule has 0 aliphatic heterocycles. The van der Waals surface area contributed by atoms with E-state index in [4.69, 9.17) is 0 Å². The molecule has 0 aromatic heterocycles. The number of rotatable bonds is 7. The second-order valence-electron chi connectivity index (χ2n) is 6.70. The summed E-state index contributed by atoms with van der Waals surface area (Å²) in [7, 11) is -4.16. The number of halogens is 1. The average Bonchev–Trinajstić information content (AvgIpc) is 2.73. The monoisotopic (exact) mass is 442 g/mol. The number of anilines is 2. The quantitative estimate of drug-likeness (QED) is 0.581. The third-order valence-electron chi connectivity index (χ3n) is 4.44. The van der Waals surface area contributed by atoms with Crippen LogP contribution in [-0.4, -0.2) is 31.9 Å². The zero-order valence-corrected chi connectivity index (χ0v) is 17.3. The topological polar surface area (TPSA) is 104 Å². The Kier molecular flexibility index (Phi) is 6.36. The van der Waals surface area contributed by atoms with Crippen molar-refractivity contribution >= 4 is 33.3 Å². The highest BCUT2D eigenvalue weighted by molar-refractivity contribution is 7.92. The lowest BCUT2D eigenvalue weighted by Crippen LogP contribution is -2.38. The molecule has 0 fully saturated rings. The first-order valence-electron chi connectivity index (χ1n) is 9.15. The van der Waals surface area contributed by atoms with E-state index in [9.17, 15) is 27.5 Å². The molecule has 0 saturated heterocycles. The average molecular weight is 442 g/mol. The standard InChI is InChI=1S/C22H19FN2O5S/c1-15-6-12-18(13-7-15)31(29,30)25(17-10-8-16(23)9-11-17)14-21(26)24-20-5-3-2-4-19(20)22(27)28/h2-13H,14H2,1H3,(H,24,26)(H,27,28). The number of para-hydroxylation sites is 1. The summed E-state index contributed by atoms with van der Waals surface area (Å²) < 4.78 is 40.7. The summed E-state index contributed by atoms with van der Waals surface area (Å²) in [5, 5.41) is 11.7. The Hall–Kier alpha value is -3.72.